The maximum absolute atomic E-state index is 5.61. The highest BCUT2D eigenvalue weighted by molar-refractivity contribution is 8.93. The third-order valence-electron chi connectivity index (χ3n) is 5.15. The van der Waals surface area contributed by atoms with Crippen molar-refractivity contribution in [3.63, 3.8) is 0 Å². The highest BCUT2D eigenvalue weighted by atomic mass is 79.9. The van der Waals surface area contributed by atoms with Gasteiger partial charge < -0.3 is 14.2 Å². The Labute approximate surface area is 201 Å². The van der Waals surface area contributed by atoms with E-state index in [0.717, 1.165) is 11.1 Å². The van der Waals surface area contributed by atoms with Crippen LogP contribution in [0.4, 0.5) is 0 Å². The molecular formula is C27H26BrO3P. The topological polar surface area (TPSA) is 27.7 Å². The van der Waals surface area contributed by atoms with E-state index in [4.69, 9.17) is 14.2 Å². The summed E-state index contributed by atoms with van der Waals surface area (Å²) in [5.74, 6) is 1.89. The van der Waals surface area contributed by atoms with Crippen LogP contribution in [0.2, 0.25) is 0 Å². The highest BCUT2D eigenvalue weighted by Crippen LogP contribution is 2.43. The average Bonchev–Trinajstić information content (AvgIpc) is 2.85. The van der Waals surface area contributed by atoms with Crippen LogP contribution < -0.4 is 30.1 Å². The van der Waals surface area contributed by atoms with Crippen molar-refractivity contribution in [2.45, 2.75) is 0 Å². The molecule has 3 nitrogen and oxygen atoms in total. The Balaban J connectivity index is 0.00000289. The molecule has 0 bridgehead atoms. The molecule has 32 heavy (non-hydrogen) atoms. The first kappa shape index (κ1) is 23.8. The van der Waals surface area contributed by atoms with E-state index in [1.54, 1.807) is 21.3 Å². The molecule has 0 atom stereocenters. The maximum Gasteiger partial charge on any atom is 0.203 e. The van der Waals surface area contributed by atoms with Crippen molar-refractivity contribution in [1.29, 1.82) is 0 Å². The van der Waals surface area contributed by atoms with Crippen molar-refractivity contribution < 1.29 is 14.2 Å². The normalized spacial score (nSPS) is 10.4. The van der Waals surface area contributed by atoms with Gasteiger partial charge >= 0.3 is 0 Å². The summed E-state index contributed by atoms with van der Waals surface area (Å²) in [6.45, 7) is 0. The van der Waals surface area contributed by atoms with Crippen LogP contribution in [0.3, 0.4) is 0 Å². The Morgan fingerprint density at radius 2 is 1.03 bits per heavy atom. The van der Waals surface area contributed by atoms with Crippen LogP contribution >= 0.6 is 24.9 Å². The summed E-state index contributed by atoms with van der Waals surface area (Å²) < 4.78 is 16.7. The van der Waals surface area contributed by atoms with E-state index in [0.29, 0.717) is 17.2 Å². The van der Waals surface area contributed by atoms with Gasteiger partial charge in [0.15, 0.2) is 11.5 Å². The molecule has 4 aromatic carbocycles. The fraction of sp³-hybridized carbons (Fsp3) is 0.111. The zero-order chi connectivity index (χ0) is 21.6. The largest absolute Gasteiger partial charge is 0.493 e. The lowest BCUT2D eigenvalue weighted by atomic mass is 10.0. The Kier molecular flexibility index (Phi) is 8.33. The molecule has 0 aromatic heterocycles. The van der Waals surface area contributed by atoms with E-state index >= 15 is 0 Å². The summed E-state index contributed by atoms with van der Waals surface area (Å²) in [5, 5.41) is 3.90. The van der Waals surface area contributed by atoms with Gasteiger partial charge in [0.2, 0.25) is 5.75 Å². The zero-order valence-corrected chi connectivity index (χ0v) is 20.9. The minimum atomic E-state index is -0.742. The predicted molar refractivity (Wildman–Crippen MR) is 141 cm³/mol. The van der Waals surface area contributed by atoms with E-state index in [-0.39, 0.29) is 17.0 Å². The fourth-order valence-electron chi connectivity index (χ4n) is 3.73. The van der Waals surface area contributed by atoms with Gasteiger partial charge in [0, 0.05) is 0 Å². The predicted octanol–water partition coefficient (Wildman–Crippen LogP) is 5.72. The second kappa shape index (κ2) is 11.2. The van der Waals surface area contributed by atoms with E-state index < -0.39 is 7.92 Å². The second-order valence-electron chi connectivity index (χ2n) is 6.94. The van der Waals surface area contributed by atoms with Crippen LogP contribution in [-0.4, -0.2) is 21.3 Å². The van der Waals surface area contributed by atoms with Crippen LogP contribution in [0.1, 0.15) is 0 Å². The van der Waals surface area contributed by atoms with E-state index in [9.17, 15) is 0 Å². The standard InChI is InChI=1S/C27H25O3P.BrH/c1-28-24-18-20(19-25(29-2)27(24)30-3)23-16-10-11-17-26(23)31(21-12-6-4-7-13-21)22-14-8-5-9-15-22;/h4-19H,1-3H3;1H. The number of benzene rings is 4. The summed E-state index contributed by atoms with van der Waals surface area (Å²) >= 11 is 0. The molecule has 0 spiro atoms. The number of methoxy groups -OCH3 is 3. The molecule has 5 heteroatoms. The minimum absolute atomic E-state index is 0. The van der Waals surface area contributed by atoms with Crippen molar-refractivity contribution >= 4 is 40.8 Å². The van der Waals surface area contributed by atoms with Crippen molar-refractivity contribution in [3.8, 4) is 28.4 Å². The molecule has 0 aliphatic rings. The first-order valence-electron chi connectivity index (χ1n) is 10.1. The molecule has 0 unspecified atom stereocenters. The van der Waals surface area contributed by atoms with Crippen LogP contribution in [-0.2, 0) is 0 Å². The SMILES string of the molecule is Br.COc1cc(-c2ccccc2P(c2ccccc2)c2ccccc2)cc(OC)c1OC. The summed E-state index contributed by atoms with van der Waals surface area (Å²) in [6.07, 6.45) is 0. The first-order chi connectivity index (χ1) is 15.3. The van der Waals surface area contributed by atoms with Gasteiger partial charge in [-0.25, -0.2) is 0 Å². The van der Waals surface area contributed by atoms with Crippen molar-refractivity contribution in [2.75, 3.05) is 21.3 Å². The molecule has 0 fully saturated rings. The number of hydrogen-bond donors (Lipinski definition) is 0. The molecule has 0 aliphatic carbocycles. The van der Waals surface area contributed by atoms with Gasteiger partial charge in [0.25, 0.3) is 0 Å². The molecule has 0 heterocycles. The van der Waals surface area contributed by atoms with Gasteiger partial charge in [-0.2, -0.15) is 0 Å². The van der Waals surface area contributed by atoms with Crippen LogP contribution in [0.15, 0.2) is 97.1 Å². The molecule has 4 rings (SSSR count). The fourth-order valence-corrected chi connectivity index (χ4v) is 6.21. The van der Waals surface area contributed by atoms with Crippen LogP contribution in [0.5, 0.6) is 17.2 Å². The molecule has 0 saturated carbocycles. The van der Waals surface area contributed by atoms with Gasteiger partial charge in [0.1, 0.15) is 0 Å². The Hall–Kier alpha value is -2.81. The van der Waals surface area contributed by atoms with Crippen LogP contribution in [0, 0.1) is 0 Å². The van der Waals surface area contributed by atoms with Gasteiger partial charge in [-0.1, -0.05) is 84.9 Å². The quantitative estimate of drug-likeness (QED) is 0.299. The molecule has 0 aliphatic heterocycles. The third-order valence-corrected chi connectivity index (χ3v) is 7.65. The van der Waals surface area contributed by atoms with Crippen molar-refractivity contribution in [3.05, 3.63) is 97.1 Å². The first-order valence-corrected chi connectivity index (χ1v) is 11.4. The summed E-state index contributed by atoms with van der Waals surface area (Å²) in [7, 11) is 4.17. The Bertz CT molecular complexity index is 1090. The van der Waals surface area contributed by atoms with Gasteiger partial charge in [-0.05, 0) is 47.1 Å². The summed E-state index contributed by atoms with van der Waals surface area (Å²) in [6, 6.07) is 34.0. The highest BCUT2D eigenvalue weighted by Gasteiger charge is 2.22. The molecule has 0 saturated heterocycles. The number of rotatable bonds is 7. The lowest BCUT2D eigenvalue weighted by molar-refractivity contribution is 0.324. The van der Waals surface area contributed by atoms with Crippen molar-refractivity contribution in [2.24, 2.45) is 0 Å². The second-order valence-corrected chi connectivity index (χ2v) is 9.12. The Morgan fingerprint density at radius 3 is 1.50 bits per heavy atom. The summed E-state index contributed by atoms with van der Waals surface area (Å²) in [4.78, 5) is 0. The van der Waals surface area contributed by atoms with Crippen LogP contribution in [0.25, 0.3) is 11.1 Å². The molecule has 0 N–H and O–H groups in total. The number of hydrogen-bond acceptors (Lipinski definition) is 3. The smallest absolute Gasteiger partial charge is 0.203 e. The minimum Gasteiger partial charge on any atom is -0.493 e. The molecule has 4 aromatic rings. The molecule has 0 radical (unpaired) electrons. The average molecular weight is 509 g/mol. The number of ether oxygens (including phenoxy) is 3. The van der Waals surface area contributed by atoms with Gasteiger partial charge in [-0.15, -0.1) is 17.0 Å². The van der Waals surface area contributed by atoms with Gasteiger partial charge in [0.05, 0.1) is 21.3 Å². The lowest BCUT2D eigenvalue weighted by Gasteiger charge is -2.23. The third kappa shape index (κ3) is 4.82. The lowest BCUT2D eigenvalue weighted by Crippen LogP contribution is -2.22. The van der Waals surface area contributed by atoms with Crippen molar-refractivity contribution in [1.82, 2.24) is 0 Å². The van der Waals surface area contributed by atoms with Gasteiger partial charge in [-0.3, -0.25) is 0 Å². The van der Waals surface area contributed by atoms with E-state index in [1.165, 1.54) is 15.9 Å². The monoisotopic (exact) mass is 508 g/mol. The molecule has 164 valence electrons. The Morgan fingerprint density at radius 1 is 0.562 bits per heavy atom. The zero-order valence-electron chi connectivity index (χ0n) is 18.3. The molecular weight excluding hydrogens is 483 g/mol. The molecule has 0 amide bonds. The van der Waals surface area contributed by atoms with E-state index in [1.807, 2.05) is 12.1 Å². The summed E-state index contributed by atoms with van der Waals surface area (Å²) in [5.41, 5.74) is 2.19. The van der Waals surface area contributed by atoms with E-state index in [2.05, 4.69) is 84.9 Å². The number of halogens is 1. The maximum atomic E-state index is 5.61.